The Morgan fingerprint density at radius 3 is 3.00 bits per heavy atom. The van der Waals surface area contributed by atoms with Crippen LogP contribution in [0.15, 0.2) is 29.5 Å². The molecular weight excluding hydrogens is 282 g/mol. The van der Waals surface area contributed by atoms with Crippen molar-refractivity contribution in [3.8, 4) is 0 Å². The summed E-state index contributed by atoms with van der Waals surface area (Å²) in [5, 5.41) is 5.06. The SMILES string of the molecule is CC(CCBr)CCn1ccn2nccc2c1=O. The van der Waals surface area contributed by atoms with Gasteiger partial charge in [0.25, 0.3) is 5.56 Å². The highest BCUT2D eigenvalue weighted by Gasteiger charge is 2.05. The van der Waals surface area contributed by atoms with Crippen molar-refractivity contribution in [2.75, 3.05) is 5.33 Å². The average Bonchev–Trinajstić information content (AvgIpc) is 2.77. The summed E-state index contributed by atoms with van der Waals surface area (Å²) in [6, 6.07) is 1.75. The molecule has 2 aromatic rings. The molecule has 1 unspecified atom stereocenters. The molecule has 5 heteroatoms. The number of aromatic nitrogens is 3. The second-order valence-corrected chi connectivity index (χ2v) is 5.12. The molecule has 0 aliphatic carbocycles. The topological polar surface area (TPSA) is 39.3 Å². The van der Waals surface area contributed by atoms with E-state index in [4.69, 9.17) is 0 Å². The van der Waals surface area contributed by atoms with Crippen molar-refractivity contribution < 1.29 is 0 Å². The van der Waals surface area contributed by atoms with E-state index in [0.29, 0.717) is 11.4 Å². The van der Waals surface area contributed by atoms with Crippen LogP contribution in [0.2, 0.25) is 0 Å². The number of rotatable bonds is 5. The van der Waals surface area contributed by atoms with Gasteiger partial charge in [-0.3, -0.25) is 4.79 Å². The zero-order chi connectivity index (χ0) is 12.3. The second-order valence-electron chi connectivity index (χ2n) is 4.33. The van der Waals surface area contributed by atoms with Crippen LogP contribution in [0.25, 0.3) is 5.52 Å². The van der Waals surface area contributed by atoms with Gasteiger partial charge in [-0.15, -0.1) is 0 Å². The van der Waals surface area contributed by atoms with Crippen molar-refractivity contribution >= 4 is 21.4 Å². The molecule has 0 aliphatic heterocycles. The van der Waals surface area contributed by atoms with Gasteiger partial charge >= 0.3 is 0 Å². The molecule has 17 heavy (non-hydrogen) atoms. The van der Waals surface area contributed by atoms with E-state index in [9.17, 15) is 4.79 Å². The summed E-state index contributed by atoms with van der Waals surface area (Å²) >= 11 is 3.44. The lowest BCUT2D eigenvalue weighted by molar-refractivity contribution is 0.466. The molecule has 4 nitrogen and oxygen atoms in total. The smallest absolute Gasteiger partial charge is 0.276 e. The Morgan fingerprint density at radius 2 is 2.24 bits per heavy atom. The number of halogens is 1. The highest BCUT2D eigenvalue weighted by molar-refractivity contribution is 9.09. The van der Waals surface area contributed by atoms with Gasteiger partial charge in [-0.2, -0.15) is 5.10 Å². The fourth-order valence-corrected chi connectivity index (χ4v) is 2.61. The fraction of sp³-hybridized carbons (Fsp3) is 0.500. The maximum atomic E-state index is 12.1. The van der Waals surface area contributed by atoms with Crippen molar-refractivity contribution in [2.24, 2.45) is 5.92 Å². The van der Waals surface area contributed by atoms with Gasteiger partial charge in [0.2, 0.25) is 0 Å². The largest absolute Gasteiger partial charge is 0.312 e. The van der Waals surface area contributed by atoms with Crippen molar-refractivity contribution in [1.82, 2.24) is 14.2 Å². The molecule has 2 aromatic heterocycles. The molecule has 2 rings (SSSR count). The number of hydrogen-bond donors (Lipinski definition) is 0. The van der Waals surface area contributed by atoms with E-state index in [1.54, 1.807) is 21.3 Å². The first-order valence-electron chi connectivity index (χ1n) is 5.81. The van der Waals surface area contributed by atoms with Gasteiger partial charge in [0, 0.05) is 24.3 Å². The minimum Gasteiger partial charge on any atom is -0.312 e. The quantitative estimate of drug-likeness (QED) is 0.795. The predicted octanol–water partition coefficient (Wildman–Crippen LogP) is 2.31. The third-order valence-corrected chi connectivity index (χ3v) is 3.46. The molecule has 0 spiro atoms. The third-order valence-electron chi connectivity index (χ3n) is 3.00. The lowest BCUT2D eigenvalue weighted by Gasteiger charge is -2.11. The molecule has 0 bridgehead atoms. The lowest BCUT2D eigenvalue weighted by Crippen LogP contribution is -2.22. The summed E-state index contributed by atoms with van der Waals surface area (Å²) in [6.45, 7) is 2.98. The Hall–Kier alpha value is -1.10. The molecule has 2 heterocycles. The first-order chi connectivity index (χ1) is 8.22. The molecule has 0 aromatic carbocycles. The van der Waals surface area contributed by atoms with Crippen molar-refractivity contribution in [3.63, 3.8) is 0 Å². The monoisotopic (exact) mass is 297 g/mol. The highest BCUT2D eigenvalue weighted by atomic mass is 79.9. The number of alkyl halides is 1. The normalized spacial score (nSPS) is 13.1. The van der Waals surface area contributed by atoms with Crippen molar-refractivity contribution in [3.05, 3.63) is 35.0 Å². The first kappa shape index (κ1) is 12.4. The van der Waals surface area contributed by atoms with E-state index >= 15 is 0 Å². The predicted molar refractivity (Wildman–Crippen MR) is 71.6 cm³/mol. The van der Waals surface area contributed by atoms with E-state index < -0.39 is 0 Å². The number of fused-ring (bicyclic) bond motifs is 1. The van der Waals surface area contributed by atoms with Crippen LogP contribution < -0.4 is 5.56 Å². The zero-order valence-corrected chi connectivity index (χ0v) is 11.4. The summed E-state index contributed by atoms with van der Waals surface area (Å²) < 4.78 is 3.38. The molecule has 0 saturated heterocycles. The summed E-state index contributed by atoms with van der Waals surface area (Å²) in [5.41, 5.74) is 0.677. The molecule has 1 atom stereocenters. The molecule has 0 aliphatic rings. The fourth-order valence-electron chi connectivity index (χ4n) is 1.83. The van der Waals surface area contributed by atoms with Gasteiger partial charge in [-0.1, -0.05) is 22.9 Å². The molecule has 0 amide bonds. The summed E-state index contributed by atoms with van der Waals surface area (Å²) in [6.07, 6.45) is 7.45. The Kier molecular flexibility index (Phi) is 3.99. The Morgan fingerprint density at radius 1 is 1.41 bits per heavy atom. The third kappa shape index (κ3) is 2.77. The van der Waals surface area contributed by atoms with Crippen LogP contribution in [0.5, 0.6) is 0 Å². The van der Waals surface area contributed by atoms with Gasteiger partial charge < -0.3 is 4.57 Å². The maximum Gasteiger partial charge on any atom is 0.276 e. The zero-order valence-electron chi connectivity index (χ0n) is 9.84. The number of aryl methyl sites for hydroxylation is 1. The molecule has 0 radical (unpaired) electrons. The van der Waals surface area contributed by atoms with Gasteiger partial charge in [0.1, 0.15) is 5.52 Å². The van der Waals surface area contributed by atoms with Crippen LogP contribution in [0.4, 0.5) is 0 Å². The van der Waals surface area contributed by atoms with Gasteiger partial charge in [-0.05, 0) is 24.8 Å². The van der Waals surface area contributed by atoms with E-state index in [0.717, 1.165) is 24.7 Å². The highest BCUT2D eigenvalue weighted by Crippen LogP contribution is 2.10. The van der Waals surface area contributed by atoms with Gasteiger partial charge in [0.15, 0.2) is 0 Å². The molecule has 0 fully saturated rings. The van der Waals surface area contributed by atoms with Crippen LogP contribution in [0, 0.1) is 5.92 Å². The minimum absolute atomic E-state index is 0.0380. The lowest BCUT2D eigenvalue weighted by atomic mass is 10.1. The molecule has 92 valence electrons. The maximum absolute atomic E-state index is 12.1. The summed E-state index contributed by atoms with van der Waals surface area (Å²) in [7, 11) is 0. The number of hydrogen-bond acceptors (Lipinski definition) is 2. The molecular formula is C12H16BrN3O. The van der Waals surface area contributed by atoms with Crippen LogP contribution in [0.3, 0.4) is 0 Å². The average molecular weight is 298 g/mol. The van der Waals surface area contributed by atoms with Crippen LogP contribution in [-0.2, 0) is 6.54 Å². The first-order valence-corrected chi connectivity index (χ1v) is 6.93. The van der Waals surface area contributed by atoms with Gasteiger partial charge in [-0.25, -0.2) is 4.52 Å². The Balaban J connectivity index is 2.13. The van der Waals surface area contributed by atoms with E-state index in [1.807, 2.05) is 12.4 Å². The summed E-state index contributed by atoms with van der Waals surface area (Å²) in [5.74, 6) is 0.627. The van der Waals surface area contributed by atoms with Crippen LogP contribution in [-0.4, -0.2) is 19.5 Å². The van der Waals surface area contributed by atoms with Crippen LogP contribution >= 0.6 is 15.9 Å². The van der Waals surface area contributed by atoms with Crippen molar-refractivity contribution in [1.29, 1.82) is 0 Å². The molecule has 0 saturated carbocycles. The second kappa shape index (κ2) is 5.49. The Bertz CT molecular complexity index is 546. The number of nitrogens with zero attached hydrogens (tertiary/aromatic N) is 3. The minimum atomic E-state index is 0.0380. The van der Waals surface area contributed by atoms with Crippen molar-refractivity contribution in [2.45, 2.75) is 26.3 Å². The van der Waals surface area contributed by atoms with Crippen LogP contribution in [0.1, 0.15) is 19.8 Å². The molecule has 0 N–H and O–H groups in total. The summed E-state index contributed by atoms with van der Waals surface area (Å²) in [4.78, 5) is 12.1. The van der Waals surface area contributed by atoms with E-state index in [-0.39, 0.29) is 5.56 Å². The van der Waals surface area contributed by atoms with E-state index in [2.05, 4.69) is 28.0 Å². The van der Waals surface area contributed by atoms with Gasteiger partial charge in [0.05, 0.1) is 6.20 Å². The van der Waals surface area contributed by atoms with E-state index in [1.165, 1.54) is 0 Å². The Labute approximate surface area is 108 Å². The standard InChI is InChI=1S/C12H16BrN3O/c1-10(2-5-13)4-7-15-8-9-16-11(12(15)17)3-6-14-16/h3,6,8-10H,2,4-5,7H2,1H3.